The summed E-state index contributed by atoms with van der Waals surface area (Å²) in [4.78, 5) is 46.9. The van der Waals surface area contributed by atoms with Gasteiger partial charge < -0.3 is 10.0 Å². The van der Waals surface area contributed by atoms with E-state index >= 15 is 0 Å². The van der Waals surface area contributed by atoms with Crippen molar-refractivity contribution >= 4 is 28.7 Å². The molecule has 1 saturated heterocycles. The summed E-state index contributed by atoms with van der Waals surface area (Å²) < 4.78 is 0. The second kappa shape index (κ2) is 11.1. The first-order valence-electron chi connectivity index (χ1n) is 12.5. The molecule has 2 aromatic heterocycles. The van der Waals surface area contributed by atoms with Crippen LogP contribution in [0.3, 0.4) is 0 Å². The summed E-state index contributed by atoms with van der Waals surface area (Å²) in [6.45, 7) is 0.445. The number of hydrazine groups is 1. The number of aromatic nitrogens is 2. The van der Waals surface area contributed by atoms with Gasteiger partial charge >= 0.3 is 5.97 Å². The van der Waals surface area contributed by atoms with Crippen molar-refractivity contribution < 1.29 is 19.5 Å². The van der Waals surface area contributed by atoms with Crippen LogP contribution in [0.2, 0.25) is 0 Å². The molecule has 1 unspecified atom stereocenters. The lowest BCUT2D eigenvalue weighted by Crippen LogP contribution is -2.47. The van der Waals surface area contributed by atoms with Crippen LogP contribution >= 0.6 is 0 Å². The number of carboxylic acid groups (broad SMARTS) is 1. The first-order chi connectivity index (χ1) is 18.9. The Labute approximate surface area is 224 Å². The molecule has 3 heterocycles. The van der Waals surface area contributed by atoms with E-state index in [1.807, 2.05) is 24.3 Å². The molecule has 1 aliphatic heterocycles. The van der Waals surface area contributed by atoms with Gasteiger partial charge in [0.05, 0.1) is 16.8 Å². The highest BCUT2D eigenvalue weighted by atomic mass is 16.4. The normalized spacial score (nSPS) is 14.8. The molecule has 1 atom stereocenters. The first-order valence-corrected chi connectivity index (χ1v) is 12.5. The van der Waals surface area contributed by atoms with E-state index in [0.717, 1.165) is 29.5 Å². The van der Waals surface area contributed by atoms with Crippen LogP contribution in [-0.2, 0) is 4.79 Å². The average Bonchev–Trinajstić information content (AvgIpc) is 2.99. The summed E-state index contributed by atoms with van der Waals surface area (Å²) in [5.74, 6) is 9.90. The minimum atomic E-state index is -0.966. The standard InChI is InChI=1S/C30H25N5O4/c31-34-28(36)23-17-26(33-25-14-15-32-18-24(23)25)21-10-6-19(7-11-21)4-5-20-8-12-22(13-9-20)29(37)35-16-2-1-3-27(35)30(38)39/h6-15,17-18,27H,1-3,16,31H2,(H,34,36)(H,38,39). The number of rotatable bonds is 4. The van der Waals surface area contributed by atoms with Crippen LogP contribution in [0.25, 0.3) is 22.2 Å². The molecule has 2 aromatic carbocycles. The van der Waals surface area contributed by atoms with Crippen molar-refractivity contribution in [1.82, 2.24) is 20.3 Å². The number of benzene rings is 2. The highest BCUT2D eigenvalue weighted by molar-refractivity contribution is 6.06. The Balaban J connectivity index is 1.33. The van der Waals surface area contributed by atoms with Gasteiger partial charge in [-0.3, -0.25) is 20.0 Å². The number of hydrogen-bond donors (Lipinski definition) is 3. The molecule has 1 aliphatic rings. The van der Waals surface area contributed by atoms with Crippen LogP contribution in [0.5, 0.6) is 0 Å². The number of amides is 2. The van der Waals surface area contributed by atoms with Crippen molar-refractivity contribution in [2.45, 2.75) is 25.3 Å². The molecule has 9 heteroatoms. The summed E-state index contributed by atoms with van der Waals surface area (Å²) in [7, 11) is 0. The number of carbonyl (C=O) groups excluding carboxylic acids is 2. The molecular weight excluding hydrogens is 494 g/mol. The van der Waals surface area contributed by atoms with E-state index < -0.39 is 17.9 Å². The summed E-state index contributed by atoms with van der Waals surface area (Å²) >= 11 is 0. The lowest BCUT2D eigenvalue weighted by atomic mass is 10.0. The molecule has 4 N–H and O–H groups in total. The fraction of sp³-hybridized carbons (Fsp3) is 0.167. The number of aliphatic carboxylic acids is 1. The Hall–Kier alpha value is -5.07. The number of fused-ring (bicyclic) bond motifs is 1. The molecule has 2 amide bonds. The number of nitrogens with two attached hydrogens (primary N) is 1. The van der Waals surface area contributed by atoms with Crippen molar-refractivity contribution in [2.24, 2.45) is 5.84 Å². The fourth-order valence-corrected chi connectivity index (χ4v) is 4.64. The van der Waals surface area contributed by atoms with Crippen molar-refractivity contribution in [3.05, 3.63) is 95.3 Å². The van der Waals surface area contributed by atoms with Gasteiger partial charge in [-0.25, -0.2) is 15.6 Å². The molecule has 5 rings (SSSR count). The minimum Gasteiger partial charge on any atom is -0.480 e. The zero-order chi connectivity index (χ0) is 27.4. The van der Waals surface area contributed by atoms with Crippen molar-refractivity contribution in [3.8, 4) is 23.1 Å². The SMILES string of the molecule is NNC(=O)c1cc(-c2ccc(C#Cc3ccc(C(=O)N4CCCCC4C(=O)O)cc3)cc2)nc2ccncc12. The Morgan fingerprint density at radius 1 is 0.974 bits per heavy atom. The maximum atomic E-state index is 12.9. The molecule has 0 aliphatic carbocycles. The molecule has 0 spiro atoms. The summed E-state index contributed by atoms with van der Waals surface area (Å²) in [5.41, 5.74) is 6.56. The molecule has 0 radical (unpaired) electrons. The number of piperidine rings is 1. The van der Waals surface area contributed by atoms with E-state index in [1.54, 1.807) is 48.8 Å². The fourth-order valence-electron chi connectivity index (χ4n) is 4.64. The number of nitrogen functional groups attached to an aromatic ring is 1. The molecular formula is C30H25N5O4. The predicted octanol–water partition coefficient (Wildman–Crippen LogP) is 3.38. The smallest absolute Gasteiger partial charge is 0.326 e. The van der Waals surface area contributed by atoms with Gasteiger partial charge in [0.2, 0.25) is 0 Å². The number of nitrogens with one attached hydrogen (secondary N) is 1. The Kier molecular flexibility index (Phi) is 7.30. The molecule has 39 heavy (non-hydrogen) atoms. The second-order valence-corrected chi connectivity index (χ2v) is 9.17. The van der Waals surface area contributed by atoms with Gasteiger partial charge in [-0.15, -0.1) is 0 Å². The maximum Gasteiger partial charge on any atom is 0.326 e. The quantitative estimate of drug-likeness (QED) is 0.163. The molecule has 0 saturated carbocycles. The molecule has 4 aromatic rings. The largest absolute Gasteiger partial charge is 0.480 e. The number of likely N-dealkylation sites (tertiary alicyclic amines) is 1. The van der Waals surface area contributed by atoms with Gasteiger partial charge in [0.25, 0.3) is 11.8 Å². The lowest BCUT2D eigenvalue weighted by Gasteiger charge is -2.33. The molecule has 194 valence electrons. The van der Waals surface area contributed by atoms with Crippen LogP contribution in [-0.4, -0.2) is 50.3 Å². The van der Waals surface area contributed by atoms with Gasteiger partial charge in [0.1, 0.15) is 6.04 Å². The van der Waals surface area contributed by atoms with E-state index in [2.05, 4.69) is 27.2 Å². The summed E-state index contributed by atoms with van der Waals surface area (Å²) in [6.07, 6.45) is 5.28. The topological polar surface area (TPSA) is 139 Å². The molecule has 1 fully saturated rings. The summed E-state index contributed by atoms with van der Waals surface area (Å²) in [6, 6.07) is 17.0. The molecule has 0 bridgehead atoms. The number of pyridine rings is 2. The molecule has 9 nitrogen and oxygen atoms in total. The Bertz CT molecular complexity index is 1620. The number of carboxylic acids is 1. The zero-order valence-electron chi connectivity index (χ0n) is 20.9. The van der Waals surface area contributed by atoms with Gasteiger partial charge in [0, 0.05) is 46.6 Å². The average molecular weight is 520 g/mol. The first kappa shape index (κ1) is 25.6. The van der Waals surface area contributed by atoms with Gasteiger partial charge in [-0.1, -0.05) is 24.0 Å². The number of carbonyl (C=O) groups is 3. The number of hydrogen-bond acceptors (Lipinski definition) is 6. The highest BCUT2D eigenvalue weighted by Crippen LogP contribution is 2.25. The predicted molar refractivity (Wildman–Crippen MR) is 145 cm³/mol. The third-order valence-corrected chi connectivity index (χ3v) is 6.70. The van der Waals surface area contributed by atoms with E-state index in [9.17, 15) is 19.5 Å². The van der Waals surface area contributed by atoms with E-state index in [4.69, 9.17) is 5.84 Å². The minimum absolute atomic E-state index is 0.275. The maximum absolute atomic E-state index is 12.9. The van der Waals surface area contributed by atoms with E-state index in [0.29, 0.717) is 40.7 Å². The third kappa shape index (κ3) is 5.46. The Morgan fingerprint density at radius 3 is 2.33 bits per heavy atom. The van der Waals surface area contributed by atoms with Crippen LogP contribution < -0.4 is 11.3 Å². The highest BCUT2D eigenvalue weighted by Gasteiger charge is 2.32. The van der Waals surface area contributed by atoms with Crippen molar-refractivity contribution in [2.75, 3.05) is 6.54 Å². The van der Waals surface area contributed by atoms with Crippen LogP contribution in [0.1, 0.15) is 51.1 Å². The van der Waals surface area contributed by atoms with Crippen LogP contribution in [0.15, 0.2) is 73.1 Å². The van der Waals surface area contributed by atoms with Crippen molar-refractivity contribution in [1.29, 1.82) is 0 Å². The van der Waals surface area contributed by atoms with Crippen molar-refractivity contribution in [3.63, 3.8) is 0 Å². The van der Waals surface area contributed by atoms with Crippen LogP contribution in [0, 0.1) is 11.8 Å². The number of nitrogens with zero attached hydrogens (tertiary/aromatic N) is 3. The zero-order valence-corrected chi connectivity index (χ0v) is 20.9. The van der Waals surface area contributed by atoms with Crippen LogP contribution in [0.4, 0.5) is 0 Å². The second-order valence-electron chi connectivity index (χ2n) is 9.17. The third-order valence-electron chi connectivity index (χ3n) is 6.70. The van der Waals surface area contributed by atoms with E-state index in [-0.39, 0.29) is 5.91 Å². The summed E-state index contributed by atoms with van der Waals surface area (Å²) in [5, 5.41) is 10.1. The van der Waals surface area contributed by atoms with Gasteiger partial charge in [-0.2, -0.15) is 0 Å². The monoisotopic (exact) mass is 519 g/mol. The Morgan fingerprint density at radius 2 is 1.67 bits per heavy atom. The van der Waals surface area contributed by atoms with E-state index in [1.165, 1.54) is 4.90 Å². The lowest BCUT2D eigenvalue weighted by molar-refractivity contribution is -0.143. The van der Waals surface area contributed by atoms with Gasteiger partial charge in [0.15, 0.2) is 0 Å². The van der Waals surface area contributed by atoms with Gasteiger partial charge in [-0.05, 0) is 67.8 Å².